The normalized spacial score (nSPS) is 12.2. The molecular weight excluding hydrogens is 434 g/mol. The van der Waals surface area contributed by atoms with Crippen LogP contribution in [0.2, 0.25) is 0 Å². The molecule has 168 valence electrons. The molecule has 32 heavy (non-hydrogen) atoms. The van der Waals surface area contributed by atoms with Crippen LogP contribution in [-0.2, 0) is 14.8 Å². The number of nitro benzene ring substituents is 1. The lowest BCUT2D eigenvalue weighted by Crippen LogP contribution is -2.48. The topological polar surface area (TPSA) is 119 Å². The van der Waals surface area contributed by atoms with Crippen LogP contribution in [0.3, 0.4) is 0 Å². The first kappa shape index (κ1) is 23.0. The number of carbonyl (C=O) groups is 1. The van der Waals surface area contributed by atoms with Crippen molar-refractivity contribution >= 4 is 38.1 Å². The molecule has 0 aliphatic carbocycles. The molecule has 0 spiro atoms. The molecule has 3 aromatic rings. The van der Waals surface area contributed by atoms with E-state index in [-0.39, 0.29) is 24.5 Å². The first-order valence-corrected chi connectivity index (χ1v) is 11.6. The van der Waals surface area contributed by atoms with Crippen LogP contribution in [0.4, 0.5) is 11.4 Å². The summed E-state index contributed by atoms with van der Waals surface area (Å²) in [6, 6.07) is 17.5. The minimum absolute atomic E-state index is 0.0387. The van der Waals surface area contributed by atoms with Crippen LogP contribution in [-0.4, -0.2) is 44.7 Å². The lowest BCUT2D eigenvalue weighted by atomic mass is 10.1. The second-order valence-corrected chi connectivity index (χ2v) is 9.02. The van der Waals surface area contributed by atoms with Gasteiger partial charge in [0.05, 0.1) is 23.4 Å². The fourth-order valence-electron chi connectivity index (χ4n) is 3.30. The Bertz CT molecular complexity index is 1250. The van der Waals surface area contributed by atoms with Crippen molar-refractivity contribution in [3.63, 3.8) is 0 Å². The van der Waals surface area contributed by atoms with Gasteiger partial charge in [-0.05, 0) is 35.9 Å². The van der Waals surface area contributed by atoms with Gasteiger partial charge in [-0.3, -0.25) is 19.2 Å². The smallest absolute Gasteiger partial charge is 0.271 e. The predicted octanol–water partition coefficient (Wildman–Crippen LogP) is 3.10. The summed E-state index contributed by atoms with van der Waals surface area (Å²) < 4.78 is 31.2. The summed E-state index contributed by atoms with van der Waals surface area (Å²) in [5.74, 6) is 0.101. The molecule has 1 N–H and O–H groups in total. The average Bonchev–Trinajstić information content (AvgIpc) is 2.75. The van der Waals surface area contributed by atoms with E-state index in [2.05, 4.69) is 5.32 Å². The average molecular weight is 458 g/mol. The van der Waals surface area contributed by atoms with E-state index in [1.807, 2.05) is 42.5 Å². The van der Waals surface area contributed by atoms with Gasteiger partial charge in [-0.15, -0.1) is 0 Å². The van der Waals surface area contributed by atoms with Crippen LogP contribution in [0.1, 0.15) is 6.92 Å². The number of nitro groups is 1. The molecule has 1 atom stereocenters. The van der Waals surface area contributed by atoms with E-state index in [1.165, 1.54) is 25.1 Å². The Kier molecular flexibility index (Phi) is 6.94. The molecule has 3 rings (SSSR count). The number of non-ortho nitro benzene ring substituents is 1. The maximum atomic E-state index is 12.6. The van der Waals surface area contributed by atoms with Crippen molar-refractivity contribution in [1.82, 2.24) is 5.32 Å². The Morgan fingerprint density at radius 3 is 2.50 bits per heavy atom. The highest BCUT2D eigenvalue weighted by atomic mass is 32.2. The maximum Gasteiger partial charge on any atom is 0.271 e. The highest BCUT2D eigenvalue weighted by Crippen LogP contribution is 2.25. The number of sulfonamides is 1. The van der Waals surface area contributed by atoms with E-state index in [0.717, 1.165) is 27.4 Å². The van der Waals surface area contributed by atoms with Gasteiger partial charge in [-0.2, -0.15) is 0 Å². The fraction of sp³-hybridized carbons (Fsp3) is 0.227. The van der Waals surface area contributed by atoms with Crippen LogP contribution >= 0.6 is 0 Å². The van der Waals surface area contributed by atoms with Gasteiger partial charge in [0.2, 0.25) is 15.9 Å². The van der Waals surface area contributed by atoms with Gasteiger partial charge in [-0.25, -0.2) is 8.42 Å². The van der Waals surface area contributed by atoms with Crippen LogP contribution in [0.15, 0.2) is 66.7 Å². The van der Waals surface area contributed by atoms with Crippen LogP contribution < -0.4 is 14.4 Å². The Labute approximate surface area is 185 Å². The molecule has 0 fully saturated rings. The summed E-state index contributed by atoms with van der Waals surface area (Å²) in [5, 5.41) is 15.8. The van der Waals surface area contributed by atoms with Crippen LogP contribution in [0.25, 0.3) is 10.8 Å². The molecule has 10 heteroatoms. The van der Waals surface area contributed by atoms with Gasteiger partial charge in [0.1, 0.15) is 18.4 Å². The number of hydrogen-bond donors (Lipinski definition) is 1. The summed E-state index contributed by atoms with van der Waals surface area (Å²) in [5.41, 5.74) is -0.232. The number of amides is 1. The summed E-state index contributed by atoms with van der Waals surface area (Å²) in [6.45, 7) is 1.76. The van der Waals surface area contributed by atoms with Crippen molar-refractivity contribution < 1.29 is 22.9 Å². The zero-order chi connectivity index (χ0) is 23.3. The van der Waals surface area contributed by atoms with Crippen molar-refractivity contribution in [2.75, 3.05) is 23.7 Å². The van der Waals surface area contributed by atoms with Crippen LogP contribution in [0, 0.1) is 10.1 Å². The summed E-state index contributed by atoms with van der Waals surface area (Å²) >= 11 is 0. The molecular formula is C22H23N3O6S. The van der Waals surface area contributed by atoms with E-state index in [0.29, 0.717) is 5.75 Å². The predicted molar refractivity (Wildman–Crippen MR) is 122 cm³/mol. The third-order valence-corrected chi connectivity index (χ3v) is 6.02. The minimum Gasteiger partial charge on any atom is -0.492 e. The lowest BCUT2D eigenvalue weighted by Gasteiger charge is -2.28. The third kappa shape index (κ3) is 5.52. The second kappa shape index (κ2) is 9.65. The van der Waals surface area contributed by atoms with E-state index in [4.69, 9.17) is 4.74 Å². The molecule has 1 amide bonds. The molecule has 0 radical (unpaired) electrons. The second-order valence-electron chi connectivity index (χ2n) is 7.16. The lowest BCUT2D eigenvalue weighted by molar-refractivity contribution is -0.384. The molecule has 0 unspecified atom stereocenters. The molecule has 0 saturated heterocycles. The zero-order valence-corrected chi connectivity index (χ0v) is 18.4. The number of benzene rings is 3. The van der Waals surface area contributed by atoms with Crippen molar-refractivity contribution in [3.05, 3.63) is 76.8 Å². The quantitative estimate of drug-likeness (QED) is 0.300. The van der Waals surface area contributed by atoms with Crippen LogP contribution in [0.5, 0.6) is 5.75 Å². The fourth-order valence-corrected chi connectivity index (χ4v) is 4.47. The molecule has 9 nitrogen and oxygen atoms in total. The Hall–Kier alpha value is -3.66. The standard InChI is InChI=1S/C22H23N3O6S/c1-16(24(32(2,29)30)19-8-5-9-20(15-19)25(27)28)22(26)23-12-13-31-21-11-10-17-6-3-4-7-18(17)14-21/h3-11,14-16H,12-13H2,1-2H3,(H,23,26)/t16-/m1/s1. The molecule has 0 aliphatic rings. The summed E-state index contributed by atoms with van der Waals surface area (Å²) in [4.78, 5) is 23.0. The van der Waals surface area contributed by atoms with Gasteiger partial charge in [-0.1, -0.05) is 36.4 Å². The van der Waals surface area contributed by atoms with Gasteiger partial charge in [0.15, 0.2) is 0 Å². The highest BCUT2D eigenvalue weighted by molar-refractivity contribution is 7.92. The molecule has 0 heterocycles. The Morgan fingerprint density at radius 1 is 1.09 bits per heavy atom. The number of nitrogens with zero attached hydrogens (tertiary/aromatic N) is 2. The van der Waals surface area contributed by atoms with Gasteiger partial charge < -0.3 is 10.1 Å². The maximum absolute atomic E-state index is 12.6. The number of rotatable bonds is 9. The van der Waals surface area contributed by atoms with E-state index in [1.54, 1.807) is 0 Å². The highest BCUT2D eigenvalue weighted by Gasteiger charge is 2.29. The number of carbonyl (C=O) groups excluding carboxylic acids is 1. The SMILES string of the molecule is C[C@H](C(=O)NCCOc1ccc2ccccc2c1)N(c1cccc([N+](=O)[O-])c1)S(C)(=O)=O. The number of hydrogen-bond acceptors (Lipinski definition) is 6. The molecule has 0 bridgehead atoms. The van der Waals surface area contributed by atoms with Crippen molar-refractivity contribution in [3.8, 4) is 5.75 Å². The number of nitrogens with one attached hydrogen (secondary N) is 1. The summed E-state index contributed by atoms with van der Waals surface area (Å²) in [6.07, 6.45) is 0.943. The first-order valence-electron chi connectivity index (χ1n) is 9.80. The largest absolute Gasteiger partial charge is 0.492 e. The van der Waals surface area contributed by atoms with Gasteiger partial charge >= 0.3 is 0 Å². The minimum atomic E-state index is -3.88. The summed E-state index contributed by atoms with van der Waals surface area (Å²) in [7, 11) is -3.88. The number of fused-ring (bicyclic) bond motifs is 1. The monoisotopic (exact) mass is 457 g/mol. The molecule has 3 aromatic carbocycles. The molecule has 0 saturated carbocycles. The Balaban J connectivity index is 1.63. The van der Waals surface area contributed by atoms with E-state index >= 15 is 0 Å². The Morgan fingerprint density at radius 2 is 1.81 bits per heavy atom. The molecule has 0 aromatic heterocycles. The number of anilines is 1. The van der Waals surface area contributed by atoms with E-state index < -0.39 is 26.9 Å². The molecule has 0 aliphatic heterocycles. The number of ether oxygens (including phenoxy) is 1. The first-order chi connectivity index (χ1) is 15.2. The third-order valence-electron chi connectivity index (χ3n) is 4.77. The van der Waals surface area contributed by atoms with Crippen molar-refractivity contribution in [1.29, 1.82) is 0 Å². The van der Waals surface area contributed by atoms with Gasteiger partial charge in [0.25, 0.3) is 5.69 Å². The van der Waals surface area contributed by atoms with Gasteiger partial charge in [0, 0.05) is 12.1 Å². The van der Waals surface area contributed by atoms with Crippen molar-refractivity contribution in [2.24, 2.45) is 0 Å². The van der Waals surface area contributed by atoms with E-state index in [9.17, 15) is 23.3 Å². The van der Waals surface area contributed by atoms with Crippen molar-refractivity contribution in [2.45, 2.75) is 13.0 Å². The zero-order valence-electron chi connectivity index (χ0n) is 17.6.